The molecule has 0 radical (unpaired) electrons. The van der Waals surface area contributed by atoms with Crippen LogP contribution in [0.5, 0.6) is 0 Å². The molecule has 0 bridgehead atoms. The monoisotopic (exact) mass is 238 g/mol. The van der Waals surface area contributed by atoms with Crippen molar-refractivity contribution in [1.82, 2.24) is 10.2 Å². The summed E-state index contributed by atoms with van der Waals surface area (Å²) in [6.45, 7) is 13.3. The van der Waals surface area contributed by atoms with E-state index in [2.05, 4.69) is 37.9 Å². The topological polar surface area (TPSA) is 15.3 Å². The van der Waals surface area contributed by atoms with Crippen LogP contribution < -0.4 is 5.32 Å². The lowest BCUT2D eigenvalue weighted by atomic mass is 9.92. The Labute approximate surface area is 107 Å². The largest absolute Gasteiger partial charge is 0.310 e. The first-order valence-electron chi connectivity index (χ1n) is 7.56. The van der Waals surface area contributed by atoms with E-state index in [1.54, 1.807) is 0 Å². The summed E-state index contributed by atoms with van der Waals surface area (Å²) in [5, 5.41) is 3.83. The first-order chi connectivity index (χ1) is 8.07. The normalized spacial score (nSPS) is 33.7. The molecule has 0 aromatic heterocycles. The van der Waals surface area contributed by atoms with Gasteiger partial charge in [-0.3, -0.25) is 4.90 Å². The van der Waals surface area contributed by atoms with Gasteiger partial charge in [0.1, 0.15) is 0 Å². The van der Waals surface area contributed by atoms with Crippen LogP contribution in [0.2, 0.25) is 0 Å². The van der Waals surface area contributed by atoms with Gasteiger partial charge in [0.25, 0.3) is 0 Å². The highest BCUT2D eigenvalue weighted by Crippen LogP contribution is 2.41. The van der Waals surface area contributed by atoms with E-state index in [1.807, 2.05) is 0 Å². The highest BCUT2D eigenvalue weighted by atomic mass is 15.2. The van der Waals surface area contributed by atoms with Crippen LogP contribution >= 0.6 is 0 Å². The number of hydrogen-bond acceptors (Lipinski definition) is 2. The van der Waals surface area contributed by atoms with E-state index in [4.69, 9.17) is 0 Å². The van der Waals surface area contributed by atoms with Crippen molar-refractivity contribution in [2.45, 2.75) is 65.0 Å². The molecule has 17 heavy (non-hydrogen) atoms. The number of nitrogens with zero attached hydrogens (tertiary/aromatic N) is 1. The predicted molar refractivity (Wildman–Crippen MR) is 74.2 cm³/mol. The Balaban J connectivity index is 2.05. The summed E-state index contributed by atoms with van der Waals surface area (Å²) in [5.74, 6) is 1.72. The molecule has 2 aliphatic rings. The lowest BCUT2D eigenvalue weighted by Crippen LogP contribution is -2.53. The SMILES string of the molecule is CCC(C(C)C)N1CCCNC(C)(C2CC2)C1. The Morgan fingerprint density at radius 2 is 2.06 bits per heavy atom. The molecule has 1 saturated heterocycles. The van der Waals surface area contributed by atoms with Crippen LogP contribution in [-0.2, 0) is 0 Å². The van der Waals surface area contributed by atoms with Gasteiger partial charge >= 0.3 is 0 Å². The number of nitrogens with one attached hydrogen (secondary N) is 1. The first-order valence-corrected chi connectivity index (χ1v) is 7.56. The second-order valence-electron chi connectivity index (χ2n) is 6.66. The Morgan fingerprint density at radius 1 is 1.35 bits per heavy atom. The number of rotatable bonds is 4. The Bertz CT molecular complexity index is 247. The zero-order chi connectivity index (χ0) is 12.5. The summed E-state index contributed by atoms with van der Waals surface area (Å²) in [6, 6.07) is 0.771. The first kappa shape index (κ1) is 13.4. The van der Waals surface area contributed by atoms with Gasteiger partial charge in [0.15, 0.2) is 0 Å². The van der Waals surface area contributed by atoms with Crippen LogP contribution in [-0.4, -0.2) is 36.1 Å². The minimum Gasteiger partial charge on any atom is -0.310 e. The van der Waals surface area contributed by atoms with Gasteiger partial charge in [0, 0.05) is 18.1 Å². The standard InChI is InChI=1S/C15H30N2/c1-5-14(12(2)3)17-10-6-9-16-15(4,11-17)13-7-8-13/h12-14,16H,5-11H2,1-4H3. The van der Waals surface area contributed by atoms with Crippen LogP contribution in [0.25, 0.3) is 0 Å². The molecule has 0 amide bonds. The van der Waals surface area contributed by atoms with E-state index in [0.29, 0.717) is 5.54 Å². The third kappa shape index (κ3) is 3.03. The molecule has 2 rings (SSSR count). The molecule has 100 valence electrons. The van der Waals surface area contributed by atoms with Crippen molar-refractivity contribution >= 4 is 0 Å². The molecular weight excluding hydrogens is 208 g/mol. The fraction of sp³-hybridized carbons (Fsp3) is 1.00. The van der Waals surface area contributed by atoms with E-state index in [0.717, 1.165) is 17.9 Å². The Hall–Kier alpha value is -0.0800. The quantitative estimate of drug-likeness (QED) is 0.810. The van der Waals surface area contributed by atoms with Crippen molar-refractivity contribution in [2.75, 3.05) is 19.6 Å². The lowest BCUT2D eigenvalue weighted by Gasteiger charge is -2.39. The van der Waals surface area contributed by atoms with Gasteiger partial charge < -0.3 is 5.32 Å². The van der Waals surface area contributed by atoms with E-state index in [9.17, 15) is 0 Å². The number of hydrogen-bond donors (Lipinski definition) is 1. The fourth-order valence-corrected chi connectivity index (χ4v) is 3.64. The molecule has 0 aromatic rings. The van der Waals surface area contributed by atoms with E-state index < -0.39 is 0 Å². The molecule has 1 N–H and O–H groups in total. The second-order valence-corrected chi connectivity index (χ2v) is 6.66. The summed E-state index contributed by atoms with van der Waals surface area (Å²) in [7, 11) is 0. The van der Waals surface area contributed by atoms with Crippen molar-refractivity contribution in [2.24, 2.45) is 11.8 Å². The smallest absolute Gasteiger partial charge is 0.0308 e. The average molecular weight is 238 g/mol. The maximum absolute atomic E-state index is 3.83. The molecule has 1 aliphatic carbocycles. The van der Waals surface area contributed by atoms with E-state index >= 15 is 0 Å². The molecule has 0 aromatic carbocycles. The van der Waals surface area contributed by atoms with Gasteiger partial charge in [0.2, 0.25) is 0 Å². The lowest BCUT2D eigenvalue weighted by molar-refractivity contribution is 0.117. The van der Waals surface area contributed by atoms with Crippen molar-refractivity contribution in [3.63, 3.8) is 0 Å². The van der Waals surface area contributed by atoms with Gasteiger partial charge in [-0.25, -0.2) is 0 Å². The maximum atomic E-state index is 3.83. The van der Waals surface area contributed by atoms with Crippen molar-refractivity contribution in [1.29, 1.82) is 0 Å². The summed E-state index contributed by atoms with van der Waals surface area (Å²) >= 11 is 0. The Morgan fingerprint density at radius 3 is 2.59 bits per heavy atom. The fourth-order valence-electron chi connectivity index (χ4n) is 3.64. The van der Waals surface area contributed by atoms with Gasteiger partial charge in [-0.15, -0.1) is 0 Å². The highest BCUT2D eigenvalue weighted by molar-refractivity contribution is 5.01. The van der Waals surface area contributed by atoms with Crippen LogP contribution in [0, 0.1) is 11.8 Å². The predicted octanol–water partition coefficient (Wildman–Crippen LogP) is 2.89. The molecule has 2 atom stereocenters. The zero-order valence-electron chi connectivity index (χ0n) is 12.1. The Kier molecular flexibility index (Phi) is 4.14. The van der Waals surface area contributed by atoms with Crippen molar-refractivity contribution < 1.29 is 0 Å². The van der Waals surface area contributed by atoms with Crippen molar-refractivity contribution in [3.05, 3.63) is 0 Å². The van der Waals surface area contributed by atoms with Gasteiger partial charge in [-0.2, -0.15) is 0 Å². The minimum atomic E-state index is 0.388. The zero-order valence-corrected chi connectivity index (χ0v) is 12.1. The van der Waals surface area contributed by atoms with Crippen molar-refractivity contribution in [3.8, 4) is 0 Å². The van der Waals surface area contributed by atoms with Crippen LogP contribution in [0.3, 0.4) is 0 Å². The molecule has 1 heterocycles. The van der Waals surface area contributed by atoms with Gasteiger partial charge in [-0.05, 0) is 57.5 Å². The molecule has 1 aliphatic heterocycles. The third-order valence-corrected chi connectivity index (χ3v) is 4.82. The molecule has 0 spiro atoms. The summed E-state index contributed by atoms with van der Waals surface area (Å²) in [4.78, 5) is 2.77. The van der Waals surface area contributed by atoms with Crippen LogP contribution in [0.15, 0.2) is 0 Å². The molecule has 2 unspecified atom stereocenters. The minimum absolute atomic E-state index is 0.388. The van der Waals surface area contributed by atoms with E-state index in [1.165, 1.54) is 45.3 Å². The van der Waals surface area contributed by atoms with Crippen LogP contribution in [0.1, 0.15) is 53.4 Å². The third-order valence-electron chi connectivity index (χ3n) is 4.82. The molecular formula is C15H30N2. The molecule has 2 fully saturated rings. The molecule has 2 nitrogen and oxygen atoms in total. The summed E-state index contributed by atoms with van der Waals surface area (Å²) < 4.78 is 0. The highest BCUT2D eigenvalue weighted by Gasteiger charge is 2.43. The average Bonchev–Trinajstić information content (AvgIpc) is 3.05. The molecule has 2 heteroatoms. The summed E-state index contributed by atoms with van der Waals surface area (Å²) in [6.07, 6.45) is 5.48. The van der Waals surface area contributed by atoms with E-state index in [-0.39, 0.29) is 0 Å². The second kappa shape index (κ2) is 5.27. The van der Waals surface area contributed by atoms with Gasteiger partial charge in [-0.1, -0.05) is 20.8 Å². The maximum Gasteiger partial charge on any atom is 0.0308 e. The van der Waals surface area contributed by atoms with Crippen LogP contribution in [0.4, 0.5) is 0 Å². The molecule has 1 saturated carbocycles. The summed E-state index contributed by atoms with van der Waals surface area (Å²) in [5.41, 5.74) is 0.388. The van der Waals surface area contributed by atoms with Gasteiger partial charge in [0.05, 0.1) is 0 Å².